The predicted molar refractivity (Wildman–Crippen MR) is 96.9 cm³/mol. The summed E-state index contributed by atoms with van der Waals surface area (Å²) in [5.74, 6) is -0.295. The van der Waals surface area contributed by atoms with Crippen LogP contribution in [0.15, 0.2) is 48.5 Å². The highest BCUT2D eigenvalue weighted by molar-refractivity contribution is 6.30. The highest BCUT2D eigenvalue weighted by Gasteiger charge is 2.35. The second kappa shape index (κ2) is 7.74. The molecule has 2 aromatic rings. The van der Waals surface area contributed by atoms with E-state index in [4.69, 9.17) is 16.3 Å². The summed E-state index contributed by atoms with van der Waals surface area (Å²) in [6.45, 7) is 2.25. The SMILES string of the molecule is CC1C(=O)N(c2ccc(F)cc2)CCN1C(=O)COc1ccc(Cl)cc1. The summed E-state index contributed by atoms with van der Waals surface area (Å²) in [5, 5.41) is 0.583. The summed E-state index contributed by atoms with van der Waals surface area (Å²) in [6.07, 6.45) is 0. The van der Waals surface area contributed by atoms with Gasteiger partial charge in [-0.1, -0.05) is 11.6 Å². The third-order valence-electron chi connectivity index (χ3n) is 4.29. The minimum atomic E-state index is -0.616. The Morgan fingerprint density at radius 2 is 1.81 bits per heavy atom. The fourth-order valence-electron chi connectivity index (χ4n) is 2.85. The van der Waals surface area contributed by atoms with E-state index in [9.17, 15) is 14.0 Å². The normalized spacial score (nSPS) is 17.3. The van der Waals surface area contributed by atoms with Crippen LogP contribution >= 0.6 is 11.6 Å². The minimum Gasteiger partial charge on any atom is -0.484 e. The maximum Gasteiger partial charge on any atom is 0.261 e. The van der Waals surface area contributed by atoms with E-state index in [1.54, 1.807) is 48.2 Å². The molecule has 0 aromatic heterocycles. The lowest BCUT2D eigenvalue weighted by atomic mass is 10.1. The van der Waals surface area contributed by atoms with E-state index in [2.05, 4.69) is 0 Å². The van der Waals surface area contributed by atoms with Crippen LogP contribution in [0.1, 0.15) is 6.92 Å². The van der Waals surface area contributed by atoms with Gasteiger partial charge in [-0.05, 0) is 55.5 Å². The third kappa shape index (κ3) is 3.96. The van der Waals surface area contributed by atoms with Crippen molar-refractivity contribution in [2.75, 3.05) is 24.6 Å². The average Bonchev–Trinajstić information content (AvgIpc) is 2.64. The minimum absolute atomic E-state index is 0.157. The van der Waals surface area contributed by atoms with Gasteiger partial charge in [0.15, 0.2) is 6.61 Å². The molecule has 136 valence electrons. The van der Waals surface area contributed by atoms with Crippen molar-refractivity contribution in [1.29, 1.82) is 0 Å². The van der Waals surface area contributed by atoms with Crippen LogP contribution in [-0.2, 0) is 9.59 Å². The van der Waals surface area contributed by atoms with E-state index >= 15 is 0 Å². The molecule has 1 aliphatic heterocycles. The molecule has 0 radical (unpaired) electrons. The first-order chi connectivity index (χ1) is 12.5. The van der Waals surface area contributed by atoms with E-state index in [0.29, 0.717) is 29.5 Å². The van der Waals surface area contributed by atoms with Gasteiger partial charge < -0.3 is 14.5 Å². The first-order valence-corrected chi connectivity index (χ1v) is 8.58. The summed E-state index contributed by atoms with van der Waals surface area (Å²) in [7, 11) is 0. The summed E-state index contributed by atoms with van der Waals surface area (Å²) in [6, 6.07) is 11.8. The predicted octanol–water partition coefficient (Wildman–Crippen LogP) is 3.12. The number of hydrogen-bond donors (Lipinski definition) is 0. The van der Waals surface area contributed by atoms with E-state index in [1.807, 2.05) is 0 Å². The lowest BCUT2D eigenvalue weighted by molar-refractivity contribution is -0.142. The smallest absolute Gasteiger partial charge is 0.261 e. The number of carbonyl (C=O) groups is 2. The molecule has 1 atom stereocenters. The van der Waals surface area contributed by atoms with E-state index in [0.717, 1.165) is 0 Å². The second-order valence-corrected chi connectivity index (χ2v) is 6.41. The molecule has 3 rings (SSSR count). The molecule has 1 unspecified atom stereocenters. The van der Waals surface area contributed by atoms with Crippen LogP contribution < -0.4 is 9.64 Å². The van der Waals surface area contributed by atoms with Crippen molar-refractivity contribution in [3.8, 4) is 5.75 Å². The molecular weight excluding hydrogens is 359 g/mol. The number of amides is 2. The highest BCUT2D eigenvalue weighted by atomic mass is 35.5. The van der Waals surface area contributed by atoms with Crippen LogP contribution in [0.25, 0.3) is 0 Å². The summed E-state index contributed by atoms with van der Waals surface area (Å²) in [4.78, 5) is 28.1. The number of carbonyl (C=O) groups excluding carboxylic acids is 2. The standard InChI is InChI=1S/C19H18ClFN2O3/c1-13-19(25)23(16-6-4-15(21)5-7-16)11-10-22(13)18(24)12-26-17-8-2-14(20)3-9-17/h2-9,13H,10-12H2,1H3. The van der Waals surface area contributed by atoms with Crippen LogP contribution in [0.2, 0.25) is 5.02 Å². The van der Waals surface area contributed by atoms with Crippen LogP contribution in [0.4, 0.5) is 10.1 Å². The zero-order valence-corrected chi connectivity index (χ0v) is 14.9. The van der Waals surface area contributed by atoms with Crippen LogP contribution in [0.5, 0.6) is 5.75 Å². The molecule has 0 N–H and O–H groups in total. The molecule has 0 saturated carbocycles. The number of rotatable bonds is 4. The Balaban J connectivity index is 1.61. The van der Waals surface area contributed by atoms with Crippen LogP contribution in [-0.4, -0.2) is 42.5 Å². The first kappa shape index (κ1) is 18.2. The first-order valence-electron chi connectivity index (χ1n) is 8.20. The largest absolute Gasteiger partial charge is 0.484 e. The van der Waals surface area contributed by atoms with E-state index in [1.165, 1.54) is 17.0 Å². The molecule has 2 aromatic carbocycles. The van der Waals surface area contributed by atoms with Crippen LogP contribution in [0.3, 0.4) is 0 Å². The Morgan fingerprint density at radius 3 is 2.46 bits per heavy atom. The van der Waals surface area contributed by atoms with Gasteiger partial charge in [0.2, 0.25) is 5.91 Å². The van der Waals surface area contributed by atoms with E-state index in [-0.39, 0.29) is 24.2 Å². The van der Waals surface area contributed by atoms with Gasteiger partial charge in [0.05, 0.1) is 0 Å². The van der Waals surface area contributed by atoms with Crippen molar-refractivity contribution in [2.45, 2.75) is 13.0 Å². The number of ether oxygens (including phenoxy) is 1. The molecule has 0 bridgehead atoms. The van der Waals surface area contributed by atoms with Crippen LogP contribution in [0, 0.1) is 5.82 Å². The van der Waals surface area contributed by atoms with Gasteiger partial charge in [0, 0.05) is 23.8 Å². The zero-order chi connectivity index (χ0) is 18.7. The molecule has 0 spiro atoms. The van der Waals surface area contributed by atoms with Gasteiger partial charge in [0.25, 0.3) is 5.91 Å². The topological polar surface area (TPSA) is 49.9 Å². The number of piperazine rings is 1. The van der Waals surface area contributed by atoms with Gasteiger partial charge in [-0.3, -0.25) is 9.59 Å². The quantitative estimate of drug-likeness (QED) is 0.823. The molecule has 1 saturated heterocycles. The Morgan fingerprint density at radius 1 is 1.15 bits per heavy atom. The fraction of sp³-hybridized carbons (Fsp3) is 0.263. The highest BCUT2D eigenvalue weighted by Crippen LogP contribution is 2.21. The number of hydrogen-bond acceptors (Lipinski definition) is 3. The van der Waals surface area contributed by atoms with E-state index < -0.39 is 6.04 Å². The van der Waals surface area contributed by atoms with Crippen molar-refractivity contribution >= 4 is 29.1 Å². The van der Waals surface area contributed by atoms with Gasteiger partial charge in [-0.15, -0.1) is 0 Å². The van der Waals surface area contributed by atoms with Gasteiger partial charge >= 0.3 is 0 Å². The third-order valence-corrected chi connectivity index (χ3v) is 4.54. The molecule has 1 heterocycles. The number of anilines is 1. The molecule has 5 nitrogen and oxygen atoms in total. The molecular formula is C19H18ClFN2O3. The molecule has 1 fully saturated rings. The fourth-order valence-corrected chi connectivity index (χ4v) is 2.97. The Labute approximate surface area is 155 Å². The number of benzene rings is 2. The van der Waals surface area contributed by atoms with Gasteiger partial charge in [-0.2, -0.15) is 0 Å². The number of nitrogens with zero attached hydrogens (tertiary/aromatic N) is 2. The monoisotopic (exact) mass is 376 g/mol. The van der Waals surface area contributed by atoms with Crippen molar-refractivity contribution in [2.24, 2.45) is 0 Å². The van der Waals surface area contributed by atoms with Crippen molar-refractivity contribution in [3.05, 3.63) is 59.4 Å². The molecule has 2 amide bonds. The Kier molecular flexibility index (Phi) is 5.42. The Bertz CT molecular complexity index is 795. The second-order valence-electron chi connectivity index (χ2n) is 5.97. The molecule has 26 heavy (non-hydrogen) atoms. The van der Waals surface area contributed by atoms with Crippen molar-refractivity contribution in [3.63, 3.8) is 0 Å². The Hall–Kier alpha value is -2.60. The summed E-state index contributed by atoms with van der Waals surface area (Å²) < 4.78 is 18.5. The molecule has 7 heteroatoms. The molecule has 1 aliphatic rings. The lowest BCUT2D eigenvalue weighted by Gasteiger charge is -2.39. The maximum absolute atomic E-state index is 13.1. The number of halogens is 2. The maximum atomic E-state index is 13.1. The summed E-state index contributed by atoms with van der Waals surface area (Å²) >= 11 is 5.81. The average molecular weight is 377 g/mol. The van der Waals surface area contributed by atoms with Crippen molar-refractivity contribution in [1.82, 2.24) is 4.90 Å². The lowest BCUT2D eigenvalue weighted by Crippen LogP contribution is -2.58. The van der Waals surface area contributed by atoms with Gasteiger partial charge in [0.1, 0.15) is 17.6 Å². The zero-order valence-electron chi connectivity index (χ0n) is 14.2. The van der Waals surface area contributed by atoms with Gasteiger partial charge in [-0.25, -0.2) is 4.39 Å². The summed E-state index contributed by atoms with van der Waals surface area (Å²) in [5.41, 5.74) is 0.618. The molecule has 0 aliphatic carbocycles. The van der Waals surface area contributed by atoms with Crippen molar-refractivity contribution < 1.29 is 18.7 Å².